The first-order chi connectivity index (χ1) is 5.57. The Morgan fingerprint density at radius 3 is 2.42 bits per heavy atom. The molecule has 0 aromatic rings. The Kier molecular flexibility index (Phi) is 5.12. The van der Waals surface area contributed by atoms with E-state index in [-0.39, 0.29) is 5.70 Å². The second kappa shape index (κ2) is 5.60. The topological polar surface area (TPSA) is 103 Å². The number of hydrogen-bond donors (Lipinski definition) is 3. The second-order valence-corrected chi connectivity index (χ2v) is 2.02. The number of nitrogens with two attached hydrogens (primary N) is 1. The number of amides is 1. The van der Waals surface area contributed by atoms with Gasteiger partial charge in [0.2, 0.25) is 0 Å². The van der Waals surface area contributed by atoms with Crippen molar-refractivity contribution in [2.45, 2.75) is 0 Å². The Morgan fingerprint density at radius 2 is 2.00 bits per heavy atom. The molecule has 0 aromatic carbocycles. The SMILES string of the molecule is C=C(N)C(=O)ONOC(=O)NI. The maximum absolute atomic E-state index is 10.5. The van der Waals surface area contributed by atoms with Crippen LogP contribution in [0.15, 0.2) is 12.3 Å². The maximum atomic E-state index is 10.5. The van der Waals surface area contributed by atoms with E-state index in [1.807, 2.05) is 0 Å². The molecule has 0 aliphatic carbocycles. The van der Waals surface area contributed by atoms with E-state index < -0.39 is 12.1 Å². The zero-order valence-corrected chi connectivity index (χ0v) is 7.95. The van der Waals surface area contributed by atoms with Gasteiger partial charge in [0, 0.05) is 5.64 Å². The fraction of sp³-hybridized carbons (Fsp3) is 0. The van der Waals surface area contributed by atoms with Gasteiger partial charge in [0.15, 0.2) is 0 Å². The normalized spacial score (nSPS) is 8.42. The van der Waals surface area contributed by atoms with Crippen LogP contribution in [0, 0.1) is 0 Å². The molecule has 0 rings (SSSR count). The van der Waals surface area contributed by atoms with Gasteiger partial charge in [-0.3, -0.25) is 3.53 Å². The molecule has 0 radical (unpaired) electrons. The minimum absolute atomic E-state index is 0.305. The number of hydrogen-bond acceptors (Lipinski definition) is 6. The molecule has 0 unspecified atom stereocenters. The maximum Gasteiger partial charge on any atom is 0.437 e. The van der Waals surface area contributed by atoms with Crippen molar-refractivity contribution in [1.82, 2.24) is 9.17 Å². The molecule has 0 spiro atoms. The molecule has 0 saturated heterocycles. The quantitative estimate of drug-likeness (QED) is 0.280. The lowest BCUT2D eigenvalue weighted by Gasteiger charge is -2.03. The Balaban J connectivity index is 3.50. The van der Waals surface area contributed by atoms with Crippen molar-refractivity contribution in [2.24, 2.45) is 5.73 Å². The lowest BCUT2D eigenvalue weighted by atomic mass is 10.5. The molecule has 0 fully saturated rings. The molecular formula is C4H6IN3O4. The van der Waals surface area contributed by atoms with Crippen LogP contribution in [0.5, 0.6) is 0 Å². The molecule has 0 heterocycles. The summed E-state index contributed by atoms with van der Waals surface area (Å²) in [6.07, 6.45) is -0.814. The molecule has 0 aliphatic heterocycles. The van der Waals surface area contributed by atoms with E-state index in [1.165, 1.54) is 22.9 Å². The zero-order chi connectivity index (χ0) is 9.56. The summed E-state index contributed by atoms with van der Waals surface area (Å²) >= 11 is 1.54. The van der Waals surface area contributed by atoms with E-state index >= 15 is 0 Å². The summed E-state index contributed by atoms with van der Waals surface area (Å²) in [6, 6.07) is 0. The number of carbonyl (C=O) groups excluding carboxylic acids is 2. The Hall–Kier alpha value is -1.03. The molecule has 4 N–H and O–H groups in total. The summed E-state index contributed by atoms with van der Waals surface area (Å²) in [6.45, 7) is 3.08. The summed E-state index contributed by atoms with van der Waals surface area (Å²) in [4.78, 5) is 28.9. The molecule has 8 heteroatoms. The number of nitrogens with one attached hydrogen (secondary N) is 2. The van der Waals surface area contributed by atoms with Gasteiger partial charge >= 0.3 is 12.1 Å². The largest absolute Gasteiger partial charge is 0.437 e. The lowest BCUT2D eigenvalue weighted by Crippen LogP contribution is -2.28. The summed E-state index contributed by atoms with van der Waals surface area (Å²) in [5, 5.41) is 0. The first-order valence-electron chi connectivity index (χ1n) is 2.56. The van der Waals surface area contributed by atoms with Gasteiger partial charge in [-0.15, -0.1) is 0 Å². The second-order valence-electron chi connectivity index (χ2n) is 1.48. The summed E-state index contributed by atoms with van der Waals surface area (Å²) in [5.74, 6) is -0.920. The summed E-state index contributed by atoms with van der Waals surface area (Å²) < 4.78 is 2.07. The van der Waals surface area contributed by atoms with Crippen molar-refractivity contribution in [2.75, 3.05) is 0 Å². The number of halogens is 1. The average Bonchev–Trinajstić information content (AvgIpc) is 2.03. The number of rotatable bonds is 3. The van der Waals surface area contributed by atoms with Crippen LogP contribution < -0.4 is 14.9 Å². The summed E-state index contributed by atoms with van der Waals surface area (Å²) in [7, 11) is 0. The van der Waals surface area contributed by atoms with E-state index in [1.54, 1.807) is 5.64 Å². The van der Waals surface area contributed by atoms with E-state index in [9.17, 15) is 9.59 Å². The fourth-order valence-electron chi connectivity index (χ4n) is 0.181. The van der Waals surface area contributed by atoms with Crippen LogP contribution in [0.3, 0.4) is 0 Å². The van der Waals surface area contributed by atoms with E-state index in [0.717, 1.165) is 0 Å². The van der Waals surface area contributed by atoms with Gasteiger partial charge in [0.05, 0.1) is 22.9 Å². The van der Waals surface area contributed by atoms with Gasteiger partial charge in [-0.05, 0) is 0 Å². The van der Waals surface area contributed by atoms with Crippen molar-refractivity contribution < 1.29 is 19.3 Å². The third kappa shape index (κ3) is 4.73. The highest BCUT2D eigenvalue weighted by atomic mass is 127. The Labute approximate surface area is 81.7 Å². The molecular weight excluding hydrogens is 281 g/mol. The van der Waals surface area contributed by atoms with Crippen LogP contribution in [0.1, 0.15) is 0 Å². The van der Waals surface area contributed by atoms with E-state index in [2.05, 4.69) is 19.8 Å². The highest BCUT2D eigenvalue weighted by Gasteiger charge is 2.05. The molecule has 7 nitrogen and oxygen atoms in total. The van der Waals surface area contributed by atoms with Gasteiger partial charge in [-0.2, -0.15) is 0 Å². The van der Waals surface area contributed by atoms with Crippen LogP contribution in [0.4, 0.5) is 4.79 Å². The zero-order valence-electron chi connectivity index (χ0n) is 5.80. The third-order valence-corrected chi connectivity index (χ3v) is 1.05. The van der Waals surface area contributed by atoms with Gasteiger partial charge in [-0.25, -0.2) is 9.59 Å². The lowest BCUT2D eigenvalue weighted by molar-refractivity contribution is -0.171. The van der Waals surface area contributed by atoms with Crippen LogP contribution in [0.25, 0.3) is 0 Å². The van der Waals surface area contributed by atoms with Crippen LogP contribution >= 0.6 is 22.9 Å². The Bertz CT molecular complexity index is 206. The minimum Gasteiger partial charge on any atom is -0.393 e. The van der Waals surface area contributed by atoms with Gasteiger partial charge in [-0.1, -0.05) is 6.58 Å². The van der Waals surface area contributed by atoms with Gasteiger partial charge in [0.1, 0.15) is 5.70 Å². The molecule has 1 amide bonds. The number of carbonyl (C=O) groups is 2. The van der Waals surface area contributed by atoms with Gasteiger partial charge < -0.3 is 15.4 Å². The molecule has 0 saturated carbocycles. The van der Waals surface area contributed by atoms with Crippen LogP contribution in [-0.4, -0.2) is 12.1 Å². The van der Waals surface area contributed by atoms with Crippen LogP contribution in [0.2, 0.25) is 0 Å². The molecule has 68 valence electrons. The average molecular weight is 287 g/mol. The molecule has 0 aromatic heterocycles. The third-order valence-electron chi connectivity index (χ3n) is 0.608. The highest BCUT2D eigenvalue weighted by molar-refractivity contribution is 14.1. The van der Waals surface area contributed by atoms with Crippen molar-refractivity contribution in [3.8, 4) is 0 Å². The van der Waals surface area contributed by atoms with E-state index in [0.29, 0.717) is 0 Å². The standard InChI is InChI=1S/C4H6IN3O4/c1-2(6)3(9)11-8-12-4(10)7-5/h8H,1,6H2,(H,7,10). The van der Waals surface area contributed by atoms with Gasteiger partial charge in [0.25, 0.3) is 0 Å². The first kappa shape index (κ1) is 11.0. The highest BCUT2D eigenvalue weighted by Crippen LogP contribution is 1.82. The fourth-order valence-corrected chi connectivity index (χ4v) is 0.291. The smallest absolute Gasteiger partial charge is 0.393 e. The van der Waals surface area contributed by atoms with Crippen LogP contribution in [-0.2, 0) is 14.5 Å². The molecule has 0 aliphatic rings. The van der Waals surface area contributed by atoms with E-state index in [4.69, 9.17) is 5.73 Å². The predicted octanol–water partition coefficient (Wildman–Crippen LogP) is -0.502. The molecule has 0 atom stereocenters. The van der Waals surface area contributed by atoms with Crippen molar-refractivity contribution in [3.05, 3.63) is 12.3 Å². The van der Waals surface area contributed by atoms with Crippen molar-refractivity contribution >= 4 is 34.9 Å². The molecule has 0 bridgehead atoms. The minimum atomic E-state index is -0.920. The van der Waals surface area contributed by atoms with Crippen molar-refractivity contribution in [3.63, 3.8) is 0 Å². The van der Waals surface area contributed by atoms with Crippen molar-refractivity contribution in [1.29, 1.82) is 0 Å². The first-order valence-corrected chi connectivity index (χ1v) is 3.63. The predicted molar refractivity (Wildman–Crippen MR) is 46.2 cm³/mol. The molecule has 12 heavy (non-hydrogen) atoms. The monoisotopic (exact) mass is 287 g/mol. The summed E-state index contributed by atoms with van der Waals surface area (Å²) in [5.41, 5.74) is 6.22. The Morgan fingerprint density at radius 1 is 1.42 bits per heavy atom.